The minimum absolute atomic E-state index is 0.0405. The third-order valence-corrected chi connectivity index (χ3v) is 3.19. The fraction of sp³-hybridized carbons (Fsp3) is 0.538. The maximum atomic E-state index is 10.5. The summed E-state index contributed by atoms with van der Waals surface area (Å²) in [5, 5.41) is 13.9. The highest BCUT2D eigenvalue weighted by Gasteiger charge is 2.28. The summed E-state index contributed by atoms with van der Waals surface area (Å²) in [5.41, 5.74) is 0.111. The minimum Gasteiger partial charge on any atom is -0.492 e. The molecular formula is C13H18N2O4. The lowest BCUT2D eigenvalue weighted by molar-refractivity contribution is -0.384. The molecule has 0 spiro atoms. The predicted molar refractivity (Wildman–Crippen MR) is 70.4 cm³/mol. The quantitative estimate of drug-likeness (QED) is 0.482. The zero-order chi connectivity index (χ0) is 13.7. The van der Waals surface area contributed by atoms with Crippen molar-refractivity contribution in [1.29, 1.82) is 0 Å². The lowest BCUT2D eigenvalue weighted by Gasteiger charge is -2.23. The monoisotopic (exact) mass is 266 g/mol. The maximum Gasteiger partial charge on any atom is 0.269 e. The van der Waals surface area contributed by atoms with Gasteiger partial charge in [0.15, 0.2) is 0 Å². The van der Waals surface area contributed by atoms with Crippen LogP contribution in [0, 0.1) is 10.1 Å². The molecule has 104 valence electrons. The molecule has 1 atom stereocenters. The van der Waals surface area contributed by atoms with Gasteiger partial charge in [-0.1, -0.05) is 0 Å². The summed E-state index contributed by atoms with van der Waals surface area (Å²) in [6, 6.07) is 6.10. The number of rotatable bonds is 6. The molecule has 1 fully saturated rings. The van der Waals surface area contributed by atoms with Gasteiger partial charge in [-0.25, -0.2) is 0 Å². The molecule has 1 heterocycles. The third-order valence-electron chi connectivity index (χ3n) is 3.19. The van der Waals surface area contributed by atoms with Crippen molar-refractivity contribution in [1.82, 2.24) is 5.32 Å². The van der Waals surface area contributed by atoms with Gasteiger partial charge in [-0.3, -0.25) is 10.1 Å². The van der Waals surface area contributed by atoms with Gasteiger partial charge in [0, 0.05) is 30.8 Å². The molecular weight excluding hydrogens is 248 g/mol. The second-order valence-corrected chi connectivity index (χ2v) is 4.89. The fourth-order valence-corrected chi connectivity index (χ4v) is 1.99. The summed E-state index contributed by atoms with van der Waals surface area (Å²) in [4.78, 5) is 10.1. The second kappa shape index (κ2) is 5.99. The smallest absolute Gasteiger partial charge is 0.269 e. The zero-order valence-electron chi connectivity index (χ0n) is 10.9. The van der Waals surface area contributed by atoms with Gasteiger partial charge in [0.25, 0.3) is 5.69 Å². The molecule has 1 N–H and O–H groups in total. The first-order chi connectivity index (χ1) is 9.09. The van der Waals surface area contributed by atoms with Crippen LogP contribution in [-0.2, 0) is 4.74 Å². The van der Waals surface area contributed by atoms with Crippen LogP contribution in [0.1, 0.15) is 13.3 Å². The van der Waals surface area contributed by atoms with E-state index in [2.05, 4.69) is 12.2 Å². The van der Waals surface area contributed by atoms with Crippen LogP contribution in [0.2, 0.25) is 0 Å². The summed E-state index contributed by atoms with van der Waals surface area (Å²) >= 11 is 0. The minimum atomic E-state index is -0.424. The predicted octanol–water partition coefficient (Wildman–Crippen LogP) is 1.74. The molecule has 1 saturated heterocycles. The number of hydrogen-bond acceptors (Lipinski definition) is 5. The summed E-state index contributed by atoms with van der Waals surface area (Å²) in [7, 11) is 0. The van der Waals surface area contributed by atoms with Crippen LogP contribution < -0.4 is 10.1 Å². The summed E-state index contributed by atoms with van der Waals surface area (Å²) in [5.74, 6) is 0.639. The van der Waals surface area contributed by atoms with Gasteiger partial charge in [0.2, 0.25) is 0 Å². The molecule has 6 heteroatoms. The molecule has 1 aromatic rings. The summed E-state index contributed by atoms with van der Waals surface area (Å²) < 4.78 is 10.9. The van der Waals surface area contributed by atoms with Crippen molar-refractivity contribution in [3.05, 3.63) is 34.4 Å². The van der Waals surface area contributed by atoms with E-state index in [4.69, 9.17) is 9.47 Å². The molecule has 0 radical (unpaired) electrons. The van der Waals surface area contributed by atoms with Gasteiger partial charge < -0.3 is 14.8 Å². The van der Waals surface area contributed by atoms with Gasteiger partial charge in [-0.2, -0.15) is 0 Å². The Morgan fingerprint density at radius 1 is 1.47 bits per heavy atom. The van der Waals surface area contributed by atoms with Gasteiger partial charge in [-0.05, 0) is 25.5 Å². The van der Waals surface area contributed by atoms with Crippen LogP contribution >= 0.6 is 0 Å². The van der Waals surface area contributed by atoms with Crippen LogP contribution in [0.15, 0.2) is 24.3 Å². The Kier molecular flexibility index (Phi) is 4.34. The van der Waals surface area contributed by atoms with Gasteiger partial charge in [0.05, 0.1) is 11.5 Å². The first kappa shape index (κ1) is 13.8. The molecule has 1 aliphatic rings. The van der Waals surface area contributed by atoms with E-state index in [-0.39, 0.29) is 11.2 Å². The number of nitrogens with zero attached hydrogens (tertiary/aromatic N) is 1. The highest BCUT2D eigenvalue weighted by atomic mass is 16.6. The van der Waals surface area contributed by atoms with Crippen molar-refractivity contribution in [2.75, 3.05) is 26.4 Å². The molecule has 0 bridgehead atoms. The average molecular weight is 266 g/mol. The van der Waals surface area contributed by atoms with E-state index in [0.717, 1.165) is 26.2 Å². The molecule has 1 aromatic carbocycles. The van der Waals surface area contributed by atoms with Crippen molar-refractivity contribution < 1.29 is 14.4 Å². The lowest BCUT2D eigenvalue weighted by atomic mass is 10.0. The van der Waals surface area contributed by atoms with Crippen molar-refractivity contribution in [3.8, 4) is 5.75 Å². The van der Waals surface area contributed by atoms with E-state index < -0.39 is 4.92 Å². The molecule has 0 aromatic heterocycles. The number of nitrogens with one attached hydrogen (secondary N) is 1. The number of benzene rings is 1. The Morgan fingerprint density at radius 2 is 2.21 bits per heavy atom. The van der Waals surface area contributed by atoms with E-state index in [1.165, 1.54) is 12.1 Å². The van der Waals surface area contributed by atoms with Crippen molar-refractivity contribution in [2.24, 2.45) is 0 Å². The Labute approximate surface area is 111 Å². The Balaban J connectivity index is 1.72. The summed E-state index contributed by atoms with van der Waals surface area (Å²) in [6.45, 7) is 4.90. The lowest BCUT2D eigenvalue weighted by Crippen LogP contribution is -2.44. The van der Waals surface area contributed by atoms with Crippen molar-refractivity contribution in [2.45, 2.75) is 18.9 Å². The van der Waals surface area contributed by atoms with Crippen molar-refractivity contribution in [3.63, 3.8) is 0 Å². The fourth-order valence-electron chi connectivity index (χ4n) is 1.99. The van der Waals surface area contributed by atoms with Gasteiger partial charge >= 0.3 is 0 Å². The van der Waals surface area contributed by atoms with Crippen LogP contribution in [0.25, 0.3) is 0 Å². The van der Waals surface area contributed by atoms with Crippen LogP contribution in [-0.4, -0.2) is 36.8 Å². The highest BCUT2D eigenvalue weighted by molar-refractivity contribution is 5.35. The van der Waals surface area contributed by atoms with Crippen LogP contribution in [0.5, 0.6) is 5.75 Å². The number of ether oxygens (including phenoxy) is 2. The number of nitro groups is 1. The normalized spacial score (nSPS) is 22.4. The molecule has 0 amide bonds. The molecule has 1 unspecified atom stereocenters. The van der Waals surface area contributed by atoms with E-state index in [1.54, 1.807) is 12.1 Å². The van der Waals surface area contributed by atoms with E-state index in [9.17, 15) is 10.1 Å². The van der Waals surface area contributed by atoms with E-state index in [1.807, 2.05) is 0 Å². The highest BCUT2D eigenvalue weighted by Crippen LogP contribution is 2.18. The number of hydrogen-bond donors (Lipinski definition) is 1. The Bertz CT molecular complexity index is 427. The molecule has 6 nitrogen and oxygen atoms in total. The Morgan fingerprint density at radius 3 is 2.79 bits per heavy atom. The molecule has 0 saturated carbocycles. The first-order valence-electron chi connectivity index (χ1n) is 6.29. The van der Waals surface area contributed by atoms with E-state index in [0.29, 0.717) is 12.4 Å². The topological polar surface area (TPSA) is 73.6 Å². The average Bonchev–Trinajstić information content (AvgIpc) is 2.83. The summed E-state index contributed by atoms with van der Waals surface area (Å²) in [6.07, 6.45) is 1.00. The molecule has 0 aliphatic carbocycles. The van der Waals surface area contributed by atoms with Gasteiger partial charge in [-0.15, -0.1) is 0 Å². The zero-order valence-corrected chi connectivity index (χ0v) is 10.9. The first-order valence-corrected chi connectivity index (χ1v) is 6.29. The van der Waals surface area contributed by atoms with Crippen LogP contribution in [0.4, 0.5) is 5.69 Å². The third kappa shape index (κ3) is 3.90. The SMILES string of the molecule is CC1(NCCOc2ccc([N+](=O)[O-])cc2)CCOC1. The Hall–Kier alpha value is -1.66. The molecule has 1 aliphatic heterocycles. The van der Waals surface area contributed by atoms with Crippen LogP contribution in [0.3, 0.4) is 0 Å². The maximum absolute atomic E-state index is 10.5. The number of nitro benzene ring substituents is 1. The van der Waals surface area contributed by atoms with Gasteiger partial charge in [0.1, 0.15) is 12.4 Å². The molecule has 2 rings (SSSR count). The largest absolute Gasteiger partial charge is 0.492 e. The standard InChI is InChI=1S/C13H18N2O4/c1-13(6-8-18-10-13)14-7-9-19-12-4-2-11(3-5-12)15(16)17/h2-5,14H,6-10H2,1H3. The second-order valence-electron chi connectivity index (χ2n) is 4.89. The van der Waals surface area contributed by atoms with E-state index >= 15 is 0 Å². The number of non-ortho nitro benzene ring substituents is 1. The van der Waals surface area contributed by atoms with Crippen molar-refractivity contribution >= 4 is 5.69 Å². The molecule has 19 heavy (non-hydrogen) atoms.